The fourth-order valence-corrected chi connectivity index (χ4v) is 2.52. The van der Waals surface area contributed by atoms with E-state index in [-0.39, 0.29) is 17.3 Å². The highest BCUT2D eigenvalue weighted by Crippen LogP contribution is 2.13. The molecule has 0 aliphatic rings. The third kappa shape index (κ3) is 3.57. The Kier molecular flexibility index (Phi) is 4.35. The first-order valence-electron chi connectivity index (χ1n) is 5.86. The minimum atomic E-state index is -3.64. The van der Waals surface area contributed by atoms with Crippen LogP contribution in [0.3, 0.4) is 0 Å². The molecule has 1 aromatic carbocycles. The first kappa shape index (κ1) is 14.1. The van der Waals surface area contributed by atoms with Crippen molar-refractivity contribution in [2.45, 2.75) is 4.90 Å². The predicted molar refractivity (Wildman–Crippen MR) is 77.4 cm³/mol. The molecule has 0 amide bonds. The van der Waals surface area contributed by atoms with E-state index in [1.165, 1.54) is 12.1 Å². The van der Waals surface area contributed by atoms with Crippen molar-refractivity contribution in [3.05, 3.63) is 54.2 Å². The number of aromatic nitrogens is 1. The Bertz CT molecular complexity index is 747. The van der Waals surface area contributed by atoms with Crippen LogP contribution in [0.1, 0.15) is 5.69 Å². The van der Waals surface area contributed by atoms with Gasteiger partial charge in [-0.25, -0.2) is 13.4 Å². The van der Waals surface area contributed by atoms with Crippen LogP contribution in [-0.2, 0) is 10.0 Å². The van der Waals surface area contributed by atoms with Crippen LogP contribution in [0.5, 0.6) is 0 Å². The van der Waals surface area contributed by atoms with Gasteiger partial charge in [0.15, 0.2) is 0 Å². The maximum absolute atomic E-state index is 12.1. The number of nitrogens with one attached hydrogen (secondary N) is 1. The second-order valence-corrected chi connectivity index (χ2v) is 5.51. The number of hydrogen-bond donors (Lipinski definition) is 2. The highest BCUT2D eigenvalue weighted by Gasteiger charge is 2.13. The molecule has 6 heteroatoms. The minimum Gasteiger partial charge on any atom is -0.320 e. The van der Waals surface area contributed by atoms with Gasteiger partial charge in [0.1, 0.15) is 11.5 Å². The van der Waals surface area contributed by atoms with Crippen LogP contribution in [-0.4, -0.2) is 19.9 Å². The first-order chi connectivity index (χ1) is 9.62. The second-order valence-electron chi connectivity index (χ2n) is 3.83. The molecular weight excluding hydrogens is 274 g/mol. The average molecular weight is 287 g/mol. The second kappa shape index (κ2) is 6.19. The molecule has 0 spiro atoms. The van der Waals surface area contributed by atoms with Gasteiger partial charge in [-0.1, -0.05) is 30.2 Å². The lowest BCUT2D eigenvalue weighted by Crippen LogP contribution is -2.14. The van der Waals surface area contributed by atoms with Crippen molar-refractivity contribution in [2.75, 3.05) is 11.3 Å². The molecule has 20 heavy (non-hydrogen) atoms. The average Bonchev–Trinajstić information content (AvgIpc) is 2.46. The van der Waals surface area contributed by atoms with Crippen LogP contribution in [0.25, 0.3) is 0 Å². The Balaban J connectivity index is 2.26. The molecule has 0 saturated heterocycles. The predicted octanol–water partition coefficient (Wildman–Crippen LogP) is 1.19. The zero-order valence-corrected chi connectivity index (χ0v) is 11.4. The lowest BCUT2D eigenvalue weighted by atomic mass is 10.3. The Morgan fingerprint density at radius 2 is 1.85 bits per heavy atom. The number of hydrogen-bond acceptors (Lipinski definition) is 4. The fourth-order valence-electron chi connectivity index (χ4n) is 1.50. The van der Waals surface area contributed by atoms with Gasteiger partial charge in [-0.3, -0.25) is 4.72 Å². The van der Waals surface area contributed by atoms with E-state index in [4.69, 9.17) is 5.73 Å². The molecule has 0 radical (unpaired) electrons. The number of sulfonamides is 1. The molecule has 0 fully saturated rings. The summed E-state index contributed by atoms with van der Waals surface area (Å²) in [5.74, 6) is 5.63. The van der Waals surface area contributed by atoms with Crippen molar-refractivity contribution in [3.63, 3.8) is 0 Å². The molecule has 5 nitrogen and oxygen atoms in total. The standard InChI is InChI=1S/C14H13N3O2S/c15-11-5-7-12-6-4-10-14(16-12)17-20(18,19)13-8-2-1-3-9-13/h1-4,6,8-10H,11,15H2,(H,16,17). The van der Waals surface area contributed by atoms with Gasteiger partial charge >= 0.3 is 0 Å². The van der Waals surface area contributed by atoms with E-state index < -0.39 is 10.0 Å². The van der Waals surface area contributed by atoms with E-state index >= 15 is 0 Å². The lowest BCUT2D eigenvalue weighted by molar-refractivity contribution is 0.601. The summed E-state index contributed by atoms with van der Waals surface area (Å²) in [5, 5.41) is 0. The van der Waals surface area contributed by atoms with E-state index in [0.29, 0.717) is 5.69 Å². The third-order valence-electron chi connectivity index (χ3n) is 2.36. The van der Waals surface area contributed by atoms with E-state index in [0.717, 1.165) is 0 Å². The fraction of sp³-hybridized carbons (Fsp3) is 0.0714. The maximum Gasteiger partial charge on any atom is 0.263 e. The van der Waals surface area contributed by atoms with Crippen molar-refractivity contribution in [1.82, 2.24) is 4.98 Å². The van der Waals surface area contributed by atoms with Crippen molar-refractivity contribution < 1.29 is 8.42 Å². The summed E-state index contributed by atoms with van der Waals surface area (Å²) in [6.45, 7) is 0.224. The zero-order chi connectivity index (χ0) is 14.4. The Morgan fingerprint density at radius 1 is 1.10 bits per heavy atom. The molecule has 2 aromatic rings. The van der Waals surface area contributed by atoms with Crippen LogP contribution in [0.2, 0.25) is 0 Å². The number of benzene rings is 1. The molecule has 0 aliphatic heterocycles. The molecule has 1 heterocycles. The summed E-state index contributed by atoms with van der Waals surface area (Å²) in [6, 6.07) is 13.0. The Hall–Kier alpha value is -2.36. The van der Waals surface area contributed by atoms with E-state index in [9.17, 15) is 8.42 Å². The minimum absolute atomic E-state index is 0.181. The number of pyridine rings is 1. The summed E-state index contributed by atoms with van der Waals surface area (Å²) in [7, 11) is -3.64. The summed E-state index contributed by atoms with van der Waals surface area (Å²) < 4.78 is 26.7. The molecule has 0 aliphatic carbocycles. The van der Waals surface area contributed by atoms with Crippen molar-refractivity contribution in [1.29, 1.82) is 0 Å². The van der Waals surface area contributed by atoms with Gasteiger partial charge in [0.05, 0.1) is 11.4 Å². The number of nitrogens with two attached hydrogens (primary N) is 1. The first-order valence-corrected chi connectivity index (χ1v) is 7.34. The van der Waals surface area contributed by atoms with E-state index in [1.807, 2.05) is 0 Å². The third-order valence-corrected chi connectivity index (χ3v) is 3.73. The lowest BCUT2D eigenvalue weighted by Gasteiger charge is -2.07. The summed E-state index contributed by atoms with van der Waals surface area (Å²) >= 11 is 0. The topological polar surface area (TPSA) is 85.1 Å². The zero-order valence-electron chi connectivity index (χ0n) is 10.6. The van der Waals surface area contributed by atoms with Crippen LogP contribution >= 0.6 is 0 Å². The van der Waals surface area contributed by atoms with Gasteiger partial charge in [0.25, 0.3) is 10.0 Å². The Labute approximate surface area is 117 Å². The van der Waals surface area contributed by atoms with Crippen molar-refractivity contribution in [2.24, 2.45) is 5.73 Å². The summed E-state index contributed by atoms with van der Waals surface area (Å²) in [6.07, 6.45) is 0. The van der Waals surface area contributed by atoms with Gasteiger partial charge in [-0.05, 0) is 30.2 Å². The Morgan fingerprint density at radius 3 is 2.55 bits per heavy atom. The molecule has 3 N–H and O–H groups in total. The van der Waals surface area contributed by atoms with Crippen LogP contribution in [0.4, 0.5) is 5.82 Å². The highest BCUT2D eigenvalue weighted by molar-refractivity contribution is 7.92. The maximum atomic E-state index is 12.1. The smallest absolute Gasteiger partial charge is 0.263 e. The van der Waals surface area contributed by atoms with E-state index in [2.05, 4.69) is 21.5 Å². The van der Waals surface area contributed by atoms with E-state index in [1.54, 1.807) is 36.4 Å². The van der Waals surface area contributed by atoms with Crippen LogP contribution in [0, 0.1) is 11.8 Å². The molecule has 0 bridgehead atoms. The summed E-state index contributed by atoms with van der Waals surface area (Å²) in [5.41, 5.74) is 5.74. The quantitative estimate of drug-likeness (QED) is 0.830. The molecule has 102 valence electrons. The molecule has 0 atom stereocenters. The SMILES string of the molecule is NCC#Cc1cccc(NS(=O)(=O)c2ccccc2)n1. The monoisotopic (exact) mass is 287 g/mol. The normalized spacial score (nSPS) is 10.4. The van der Waals surface area contributed by atoms with Gasteiger partial charge in [0.2, 0.25) is 0 Å². The number of anilines is 1. The number of nitrogens with zero attached hydrogens (tertiary/aromatic N) is 1. The highest BCUT2D eigenvalue weighted by atomic mass is 32.2. The van der Waals surface area contributed by atoms with Gasteiger partial charge in [-0.15, -0.1) is 0 Å². The van der Waals surface area contributed by atoms with Gasteiger partial charge in [0, 0.05) is 0 Å². The van der Waals surface area contributed by atoms with Crippen molar-refractivity contribution in [3.8, 4) is 11.8 Å². The van der Waals surface area contributed by atoms with Crippen LogP contribution in [0.15, 0.2) is 53.4 Å². The molecule has 2 rings (SSSR count). The number of rotatable bonds is 3. The molecular formula is C14H13N3O2S. The largest absolute Gasteiger partial charge is 0.320 e. The van der Waals surface area contributed by atoms with Gasteiger partial charge in [-0.2, -0.15) is 0 Å². The molecule has 0 unspecified atom stereocenters. The van der Waals surface area contributed by atoms with Gasteiger partial charge < -0.3 is 5.73 Å². The summed E-state index contributed by atoms with van der Waals surface area (Å²) in [4.78, 5) is 4.28. The molecule has 0 saturated carbocycles. The van der Waals surface area contributed by atoms with Crippen molar-refractivity contribution >= 4 is 15.8 Å². The van der Waals surface area contributed by atoms with Crippen LogP contribution < -0.4 is 10.5 Å². The molecule has 1 aromatic heterocycles.